The number of carbonyl (C=O) groups is 2. The van der Waals surface area contributed by atoms with Crippen LogP contribution in [0.5, 0.6) is 0 Å². The molecular formula is C14H26N2O2. The Morgan fingerprint density at radius 3 is 2.22 bits per heavy atom. The van der Waals surface area contributed by atoms with Crippen molar-refractivity contribution in [1.82, 2.24) is 10.2 Å². The van der Waals surface area contributed by atoms with Gasteiger partial charge in [0.2, 0.25) is 11.8 Å². The second-order valence-electron chi connectivity index (χ2n) is 5.61. The van der Waals surface area contributed by atoms with E-state index in [0.29, 0.717) is 31.2 Å². The third-order valence-corrected chi connectivity index (χ3v) is 3.99. The van der Waals surface area contributed by atoms with Gasteiger partial charge in [-0.25, -0.2) is 0 Å². The van der Waals surface area contributed by atoms with Gasteiger partial charge >= 0.3 is 0 Å². The van der Waals surface area contributed by atoms with Crippen LogP contribution in [0.2, 0.25) is 0 Å². The number of rotatable bonds is 5. The Kier molecular flexibility index (Phi) is 5.17. The Labute approximate surface area is 110 Å². The van der Waals surface area contributed by atoms with Crippen molar-refractivity contribution in [3.63, 3.8) is 0 Å². The van der Waals surface area contributed by atoms with Gasteiger partial charge in [-0.15, -0.1) is 0 Å². The second kappa shape index (κ2) is 6.21. The highest BCUT2D eigenvalue weighted by Gasteiger charge is 2.39. The van der Waals surface area contributed by atoms with Gasteiger partial charge in [0, 0.05) is 6.54 Å². The van der Waals surface area contributed by atoms with Crippen LogP contribution in [0.3, 0.4) is 0 Å². The zero-order chi connectivity index (χ0) is 13.9. The molecule has 3 unspecified atom stereocenters. The van der Waals surface area contributed by atoms with Crippen molar-refractivity contribution in [3.05, 3.63) is 0 Å². The van der Waals surface area contributed by atoms with Crippen molar-refractivity contribution in [2.45, 2.75) is 59.5 Å². The number of hydrogen-bond acceptors (Lipinski definition) is 2. The molecule has 0 aliphatic carbocycles. The molecule has 2 amide bonds. The van der Waals surface area contributed by atoms with E-state index in [1.54, 1.807) is 4.90 Å². The largest absolute Gasteiger partial charge is 0.343 e. The van der Waals surface area contributed by atoms with Crippen LogP contribution in [-0.4, -0.2) is 35.3 Å². The maximum Gasteiger partial charge on any atom is 0.245 e. The SMILES string of the molecule is CCC1NC(=O)C(CC)N(CC(C)C(C)C)C1=O. The van der Waals surface area contributed by atoms with E-state index in [-0.39, 0.29) is 23.9 Å². The van der Waals surface area contributed by atoms with E-state index < -0.39 is 0 Å². The molecule has 1 rings (SSSR count). The first-order valence-corrected chi connectivity index (χ1v) is 7.03. The van der Waals surface area contributed by atoms with Crippen LogP contribution in [0.1, 0.15) is 47.5 Å². The normalized spacial score (nSPS) is 26.4. The van der Waals surface area contributed by atoms with E-state index in [2.05, 4.69) is 26.1 Å². The Bertz CT molecular complexity index is 315. The Morgan fingerprint density at radius 1 is 1.17 bits per heavy atom. The molecule has 0 spiro atoms. The zero-order valence-electron chi connectivity index (χ0n) is 12.2. The Hall–Kier alpha value is -1.06. The molecule has 0 saturated carbocycles. The minimum absolute atomic E-state index is 0.0000869. The predicted molar refractivity (Wildman–Crippen MR) is 72.0 cm³/mol. The van der Waals surface area contributed by atoms with Crippen molar-refractivity contribution in [3.8, 4) is 0 Å². The van der Waals surface area contributed by atoms with Crippen LogP contribution < -0.4 is 5.32 Å². The molecule has 1 aliphatic heterocycles. The lowest BCUT2D eigenvalue weighted by molar-refractivity contribution is -0.150. The summed E-state index contributed by atoms with van der Waals surface area (Å²) in [6.45, 7) is 11.0. The van der Waals surface area contributed by atoms with Crippen molar-refractivity contribution in [2.24, 2.45) is 11.8 Å². The van der Waals surface area contributed by atoms with E-state index in [1.807, 2.05) is 13.8 Å². The van der Waals surface area contributed by atoms with E-state index in [4.69, 9.17) is 0 Å². The molecule has 1 saturated heterocycles. The molecule has 0 radical (unpaired) electrons. The van der Waals surface area contributed by atoms with Gasteiger partial charge in [-0.3, -0.25) is 9.59 Å². The van der Waals surface area contributed by atoms with Crippen molar-refractivity contribution >= 4 is 11.8 Å². The average molecular weight is 254 g/mol. The Morgan fingerprint density at radius 2 is 1.78 bits per heavy atom. The molecule has 3 atom stereocenters. The highest BCUT2D eigenvalue weighted by Crippen LogP contribution is 2.19. The van der Waals surface area contributed by atoms with Crippen LogP contribution in [0.4, 0.5) is 0 Å². The zero-order valence-corrected chi connectivity index (χ0v) is 12.2. The van der Waals surface area contributed by atoms with Crippen LogP contribution in [0.25, 0.3) is 0 Å². The summed E-state index contributed by atoms with van der Waals surface area (Å²) in [7, 11) is 0. The summed E-state index contributed by atoms with van der Waals surface area (Å²) in [4.78, 5) is 26.1. The lowest BCUT2D eigenvalue weighted by Crippen LogP contribution is -2.63. The van der Waals surface area contributed by atoms with Gasteiger partial charge in [0.25, 0.3) is 0 Å². The molecule has 0 aromatic carbocycles. The molecule has 4 nitrogen and oxygen atoms in total. The number of carbonyl (C=O) groups excluding carboxylic acids is 2. The van der Waals surface area contributed by atoms with Crippen molar-refractivity contribution < 1.29 is 9.59 Å². The first-order chi connectivity index (χ1) is 8.42. The van der Waals surface area contributed by atoms with Gasteiger partial charge in [0.05, 0.1) is 0 Å². The third kappa shape index (κ3) is 3.03. The lowest BCUT2D eigenvalue weighted by atomic mass is 9.94. The molecule has 18 heavy (non-hydrogen) atoms. The number of hydrogen-bond donors (Lipinski definition) is 1. The fourth-order valence-electron chi connectivity index (χ4n) is 2.25. The maximum atomic E-state index is 12.3. The molecule has 0 aromatic rings. The van der Waals surface area contributed by atoms with Crippen LogP contribution in [-0.2, 0) is 9.59 Å². The lowest BCUT2D eigenvalue weighted by Gasteiger charge is -2.40. The molecule has 4 heteroatoms. The summed E-state index contributed by atoms with van der Waals surface area (Å²) in [5, 5.41) is 2.82. The first kappa shape index (κ1) is 15.0. The van der Waals surface area contributed by atoms with E-state index in [9.17, 15) is 9.59 Å². The van der Waals surface area contributed by atoms with E-state index in [0.717, 1.165) is 0 Å². The van der Waals surface area contributed by atoms with Crippen LogP contribution >= 0.6 is 0 Å². The summed E-state index contributed by atoms with van der Waals surface area (Å²) < 4.78 is 0. The minimum Gasteiger partial charge on any atom is -0.343 e. The van der Waals surface area contributed by atoms with Crippen LogP contribution in [0.15, 0.2) is 0 Å². The molecule has 1 N–H and O–H groups in total. The third-order valence-electron chi connectivity index (χ3n) is 3.99. The standard InChI is InChI=1S/C14H26N2O2/c1-6-11-14(18)16(8-10(5)9(3)4)12(7-2)13(17)15-11/h9-12H,6-8H2,1-5H3,(H,15,17). The van der Waals surface area contributed by atoms with Gasteiger partial charge in [-0.2, -0.15) is 0 Å². The van der Waals surface area contributed by atoms with Gasteiger partial charge in [0.1, 0.15) is 12.1 Å². The summed E-state index contributed by atoms with van der Waals surface area (Å²) in [5.41, 5.74) is 0. The molecule has 104 valence electrons. The highest BCUT2D eigenvalue weighted by molar-refractivity contribution is 5.96. The number of nitrogens with zero attached hydrogens (tertiary/aromatic N) is 1. The van der Waals surface area contributed by atoms with Crippen LogP contribution in [0, 0.1) is 11.8 Å². The van der Waals surface area contributed by atoms with Gasteiger partial charge in [0.15, 0.2) is 0 Å². The first-order valence-electron chi connectivity index (χ1n) is 7.03. The summed E-state index contributed by atoms with van der Waals surface area (Å²) in [5.74, 6) is 1.00. The van der Waals surface area contributed by atoms with Gasteiger partial charge in [-0.1, -0.05) is 34.6 Å². The topological polar surface area (TPSA) is 49.4 Å². The van der Waals surface area contributed by atoms with Gasteiger partial charge < -0.3 is 10.2 Å². The Balaban J connectivity index is 2.86. The van der Waals surface area contributed by atoms with Gasteiger partial charge in [-0.05, 0) is 24.7 Å². The maximum absolute atomic E-state index is 12.3. The summed E-state index contributed by atoms with van der Waals surface area (Å²) in [6, 6.07) is -0.624. The molecule has 0 bridgehead atoms. The molecule has 0 aromatic heterocycles. The smallest absolute Gasteiger partial charge is 0.245 e. The fourth-order valence-corrected chi connectivity index (χ4v) is 2.25. The molecule has 1 aliphatic rings. The quantitative estimate of drug-likeness (QED) is 0.813. The van der Waals surface area contributed by atoms with E-state index in [1.165, 1.54) is 0 Å². The summed E-state index contributed by atoms with van der Waals surface area (Å²) in [6.07, 6.45) is 1.34. The number of nitrogens with one attached hydrogen (secondary N) is 1. The number of piperazine rings is 1. The average Bonchev–Trinajstić information content (AvgIpc) is 2.33. The number of amides is 2. The van der Waals surface area contributed by atoms with Crippen molar-refractivity contribution in [2.75, 3.05) is 6.54 Å². The fraction of sp³-hybridized carbons (Fsp3) is 0.857. The minimum atomic E-state index is -0.334. The summed E-state index contributed by atoms with van der Waals surface area (Å²) >= 11 is 0. The molecule has 1 fully saturated rings. The monoisotopic (exact) mass is 254 g/mol. The van der Waals surface area contributed by atoms with Crippen molar-refractivity contribution in [1.29, 1.82) is 0 Å². The van der Waals surface area contributed by atoms with E-state index >= 15 is 0 Å². The molecular weight excluding hydrogens is 228 g/mol. The highest BCUT2D eigenvalue weighted by atomic mass is 16.2. The second-order valence-corrected chi connectivity index (χ2v) is 5.61. The molecule has 1 heterocycles. The predicted octanol–water partition coefficient (Wildman–Crippen LogP) is 1.79.